The van der Waals surface area contributed by atoms with E-state index in [4.69, 9.17) is 4.42 Å². The fourth-order valence-electron chi connectivity index (χ4n) is 2.65. The van der Waals surface area contributed by atoms with Crippen LogP contribution in [0.2, 0.25) is 0 Å². The van der Waals surface area contributed by atoms with Gasteiger partial charge in [-0.2, -0.15) is 0 Å². The van der Waals surface area contributed by atoms with E-state index in [0.717, 1.165) is 21.0 Å². The van der Waals surface area contributed by atoms with Crippen LogP contribution in [0.5, 0.6) is 0 Å². The summed E-state index contributed by atoms with van der Waals surface area (Å²) in [5.74, 6) is -0.338. The highest BCUT2D eigenvalue weighted by atomic mass is 79.9. The van der Waals surface area contributed by atoms with Gasteiger partial charge in [0, 0.05) is 15.4 Å². The third-order valence-corrected chi connectivity index (χ3v) is 4.53. The summed E-state index contributed by atoms with van der Waals surface area (Å²) in [6.45, 7) is 3.66. The van der Waals surface area contributed by atoms with Crippen molar-refractivity contribution in [2.24, 2.45) is 0 Å². The zero-order chi connectivity index (χ0) is 18.7. The Morgan fingerprint density at radius 3 is 2.58 bits per heavy atom. The number of carbonyl (C=O) groups excluding carboxylic acids is 2. The first-order valence-electron chi connectivity index (χ1n) is 8.06. The number of amides is 3. The van der Waals surface area contributed by atoms with Gasteiger partial charge < -0.3 is 9.73 Å². The third kappa shape index (κ3) is 3.88. The van der Waals surface area contributed by atoms with Gasteiger partial charge in [0.15, 0.2) is 5.76 Å². The van der Waals surface area contributed by atoms with Crippen molar-refractivity contribution in [2.75, 3.05) is 0 Å². The van der Waals surface area contributed by atoms with Crippen LogP contribution in [0.15, 0.2) is 57.4 Å². The minimum Gasteiger partial charge on any atom is -0.451 e. The van der Waals surface area contributed by atoms with Crippen molar-refractivity contribution in [1.82, 2.24) is 16.2 Å². The van der Waals surface area contributed by atoms with Gasteiger partial charge in [-0.1, -0.05) is 46.3 Å². The van der Waals surface area contributed by atoms with E-state index < -0.39 is 11.9 Å². The third-order valence-electron chi connectivity index (χ3n) is 4.04. The number of para-hydroxylation sites is 1. The minimum absolute atomic E-state index is 0.173. The summed E-state index contributed by atoms with van der Waals surface area (Å²) in [5.41, 5.74) is 7.00. The molecule has 0 aliphatic rings. The molecule has 3 amide bonds. The fourth-order valence-corrected chi connectivity index (χ4v) is 3.07. The quantitative estimate of drug-likeness (QED) is 0.560. The molecule has 6 nitrogen and oxygen atoms in total. The lowest BCUT2D eigenvalue weighted by Crippen LogP contribution is -2.47. The van der Waals surface area contributed by atoms with E-state index in [0.29, 0.717) is 5.58 Å². The average molecular weight is 416 g/mol. The molecule has 0 fully saturated rings. The summed E-state index contributed by atoms with van der Waals surface area (Å²) < 4.78 is 6.50. The van der Waals surface area contributed by atoms with Crippen LogP contribution in [0.25, 0.3) is 11.0 Å². The summed E-state index contributed by atoms with van der Waals surface area (Å²) in [6, 6.07) is 14.3. The molecular formula is C19H18BrN3O3. The van der Waals surface area contributed by atoms with Gasteiger partial charge in [0.2, 0.25) is 0 Å². The predicted octanol–water partition coefficient (Wildman–Crippen LogP) is 4.21. The number of aryl methyl sites for hydroxylation is 1. The highest BCUT2D eigenvalue weighted by Gasteiger charge is 2.18. The van der Waals surface area contributed by atoms with Crippen LogP contribution in [-0.2, 0) is 0 Å². The van der Waals surface area contributed by atoms with E-state index >= 15 is 0 Å². The smallest absolute Gasteiger partial charge is 0.333 e. The molecule has 0 spiro atoms. The molecule has 2 aromatic carbocycles. The van der Waals surface area contributed by atoms with Crippen molar-refractivity contribution in [3.05, 3.63) is 69.9 Å². The van der Waals surface area contributed by atoms with E-state index in [1.165, 1.54) is 0 Å². The second-order valence-electron chi connectivity index (χ2n) is 5.88. The minimum atomic E-state index is -0.514. The van der Waals surface area contributed by atoms with Crippen LogP contribution in [0.4, 0.5) is 4.79 Å². The standard InChI is InChI=1S/C19H18BrN3O3/c1-11-15-8-3-4-9-16(15)26-17(11)18(24)22-23-19(25)21-12(2)13-6-5-7-14(20)10-13/h3-10,12H,1-2H3,(H,22,24)(H2,21,23,25)/t12-/m1/s1. The molecule has 0 bridgehead atoms. The Morgan fingerprint density at radius 1 is 1.08 bits per heavy atom. The molecule has 0 radical (unpaired) electrons. The number of halogens is 1. The first-order chi connectivity index (χ1) is 12.5. The van der Waals surface area contributed by atoms with Gasteiger partial charge in [0.25, 0.3) is 0 Å². The molecule has 3 aromatic rings. The second kappa shape index (κ2) is 7.61. The topological polar surface area (TPSA) is 83.4 Å². The van der Waals surface area contributed by atoms with Gasteiger partial charge in [-0.05, 0) is 37.6 Å². The van der Waals surface area contributed by atoms with Crippen LogP contribution >= 0.6 is 15.9 Å². The summed E-state index contributed by atoms with van der Waals surface area (Å²) in [5, 5.41) is 3.62. The number of benzene rings is 2. The molecule has 7 heteroatoms. The molecule has 0 aliphatic heterocycles. The molecule has 1 aromatic heterocycles. The summed E-state index contributed by atoms with van der Waals surface area (Å²) in [7, 11) is 0. The van der Waals surface area contributed by atoms with E-state index in [1.807, 2.05) is 49.4 Å². The number of urea groups is 1. The lowest BCUT2D eigenvalue weighted by atomic mass is 10.1. The molecule has 1 heterocycles. The van der Waals surface area contributed by atoms with Crippen molar-refractivity contribution < 1.29 is 14.0 Å². The van der Waals surface area contributed by atoms with Crippen molar-refractivity contribution in [2.45, 2.75) is 19.9 Å². The van der Waals surface area contributed by atoms with Crippen molar-refractivity contribution in [3.63, 3.8) is 0 Å². The van der Waals surface area contributed by atoms with Gasteiger partial charge in [-0.25, -0.2) is 10.2 Å². The number of hydrogen-bond acceptors (Lipinski definition) is 3. The van der Waals surface area contributed by atoms with E-state index in [1.54, 1.807) is 13.0 Å². The maximum absolute atomic E-state index is 12.3. The molecule has 1 atom stereocenters. The van der Waals surface area contributed by atoms with Crippen LogP contribution in [0.1, 0.15) is 34.6 Å². The molecule has 3 N–H and O–H groups in total. The van der Waals surface area contributed by atoms with Gasteiger partial charge in [-0.15, -0.1) is 0 Å². The van der Waals surface area contributed by atoms with Crippen LogP contribution in [0, 0.1) is 6.92 Å². The Balaban J connectivity index is 1.60. The number of fused-ring (bicyclic) bond motifs is 1. The first-order valence-corrected chi connectivity index (χ1v) is 8.85. The Morgan fingerprint density at radius 2 is 1.85 bits per heavy atom. The summed E-state index contributed by atoms with van der Waals surface area (Å²) in [6.07, 6.45) is 0. The Kier molecular flexibility index (Phi) is 5.27. The molecule has 0 unspecified atom stereocenters. The fraction of sp³-hybridized carbons (Fsp3) is 0.158. The SMILES string of the molecule is Cc1c(C(=O)NNC(=O)N[C@H](C)c2cccc(Br)c2)oc2ccccc12. The molecule has 0 aliphatic carbocycles. The molecule has 26 heavy (non-hydrogen) atoms. The van der Waals surface area contributed by atoms with Crippen LogP contribution in [0.3, 0.4) is 0 Å². The van der Waals surface area contributed by atoms with Gasteiger partial charge in [0.05, 0.1) is 6.04 Å². The van der Waals surface area contributed by atoms with E-state index in [-0.39, 0.29) is 11.8 Å². The summed E-state index contributed by atoms with van der Waals surface area (Å²) >= 11 is 3.40. The van der Waals surface area contributed by atoms with Gasteiger partial charge in [-0.3, -0.25) is 10.2 Å². The number of hydrogen-bond donors (Lipinski definition) is 3. The Labute approximate surface area is 159 Å². The predicted molar refractivity (Wildman–Crippen MR) is 103 cm³/mol. The molecule has 0 saturated heterocycles. The van der Waals surface area contributed by atoms with Crippen LogP contribution < -0.4 is 16.2 Å². The van der Waals surface area contributed by atoms with Gasteiger partial charge in [0.1, 0.15) is 5.58 Å². The lowest BCUT2D eigenvalue weighted by molar-refractivity contribution is 0.0909. The average Bonchev–Trinajstić information content (AvgIpc) is 2.97. The summed E-state index contributed by atoms with van der Waals surface area (Å²) in [4.78, 5) is 24.3. The molecular weight excluding hydrogens is 398 g/mol. The second-order valence-corrected chi connectivity index (χ2v) is 6.80. The zero-order valence-corrected chi connectivity index (χ0v) is 15.9. The highest BCUT2D eigenvalue weighted by molar-refractivity contribution is 9.10. The molecule has 0 saturated carbocycles. The normalized spacial score (nSPS) is 11.8. The monoisotopic (exact) mass is 415 g/mol. The number of furan rings is 1. The Hall–Kier alpha value is -2.80. The largest absolute Gasteiger partial charge is 0.451 e. The molecule has 134 valence electrons. The first kappa shape index (κ1) is 18.0. The number of rotatable bonds is 3. The van der Waals surface area contributed by atoms with Gasteiger partial charge >= 0.3 is 11.9 Å². The zero-order valence-electron chi connectivity index (χ0n) is 14.3. The maximum Gasteiger partial charge on any atom is 0.333 e. The maximum atomic E-state index is 12.3. The number of hydrazine groups is 1. The van der Waals surface area contributed by atoms with Crippen molar-refractivity contribution >= 4 is 38.8 Å². The lowest BCUT2D eigenvalue weighted by Gasteiger charge is -2.15. The van der Waals surface area contributed by atoms with Crippen molar-refractivity contribution in [1.29, 1.82) is 0 Å². The van der Waals surface area contributed by atoms with E-state index in [9.17, 15) is 9.59 Å². The van der Waals surface area contributed by atoms with Crippen LogP contribution in [-0.4, -0.2) is 11.9 Å². The Bertz CT molecular complexity index is 968. The number of nitrogens with one attached hydrogen (secondary N) is 3. The highest BCUT2D eigenvalue weighted by Crippen LogP contribution is 2.24. The van der Waals surface area contributed by atoms with E-state index in [2.05, 4.69) is 32.1 Å². The van der Waals surface area contributed by atoms with Crippen molar-refractivity contribution in [3.8, 4) is 0 Å². The molecule has 3 rings (SSSR count). The number of carbonyl (C=O) groups is 2.